The van der Waals surface area contributed by atoms with Gasteiger partial charge < -0.3 is 0 Å². The molecule has 21 heavy (non-hydrogen) atoms. The van der Waals surface area contributed by atoms with Gasteiger partial charge in [0.2, 0.25) is 0 Å². The van der Waals surface area contributed by atoms with Crippen LogP contribution in [0.5, 0.6) is 0 Å². The fourth-order valence-electron chi connectivity index (χ4n) is 2.60. The first-order valence-electron chi connectivity index (χ1n) is 7.59. The predicted octanol–water partition coefficient (Wildman–Crippen LogP) is 6.45. The molecule has 2 aromatic carbocycles. The molecule has 0 radical (unpaired) electrons. The Balaban J connectivity index is 2.47. The summed E-state index contributed by atoms with van der Waals surface area (Å²) >= 11 is 6.50. The van der Waals surface area contributed by atoms with Gasteiger partial charge in [-0.3, -0.25) is 0 Å². The van der Waals surface area contributed by atoms with Crippen molar-refractivity contribution in [2.75, 3.05) is 11.9 Å². The summed E-state index contributed by atoms with van der Waals surface area (Å²) < 4.78 is -2.17. The molecule has 0 spiro atoms. The van der Waals surface area contributed by atoms with Crippen LogP contribution in [0, 0.1) is 0 Å². The van der Waals surface area contributed by atoms with Gasteiger partial charge in [0.05, 0.1) is 0 Å². The predicted molar refractivity (Wildman–Crippen MR) is 105 cm³/mol. The zero-order chi connectivity index (χ0) is 15.2. The normalized spacial score (nSPS) is 13.6. The Morgan fingerprint density at radius 1 is 0.905 bits per heavy atom. The summed E-state index contributed by atoms with van der Waals surface area (Å²) in [5, 5.41) is 1.49. The van der Waals surface area contributed by atoms with Crippen molar-refractivity contribution in [2.24, 2.45) is 0 Å². The minimum absolute atomic E-state index is 1.12. The third-order valence-corrected chi connectivity index (χ3v) is 18.2. The first kappa shape index (κ1) is 17.1. The number of benzene rings is 2. The molecule has 0 saturated carbocycles. The van der Waals surface area contributed by atoms with E-state index < -0.39 is 4.51 Å². The van der Waals surface area contributed by atoms with Gasteiger partial charge in [-0.25, -0.2) is 0 Å². The molecule has 0 saturated heterocycles. The van der Waals surface area contributed by atoms with Crippen LogP contribution in [0.2, 0.25) is 0 Å². The Morgan fingerprint density at radius 2 is 1.48 bits per heavy atom. The molecule has 0 bridgehead atoms. The number of rotatable bonds is 7. The van der Waals surface area contributed by atoms with Crippen LogP contribution in [-0.4, -0.2) is 11.9 Å². The molecule has 0 aliphatic rings. The molecule has 0 unspecified atom stereocenters. The van der Waals surface area contributed by atoms with E-state index in [4.69, 9.17) is 0 Å². The number of hydrogen-bond acceptors (Lipinski definition) is 1. The summed E-state index contributed by atoms with van der Waals surface area (Å²) in [7, 11) is 0. The molecular weight excluding hydrogens is 359 g/mol. The van der Waals surface area contributed by atoms with E-state index in [0.717, 1.165) is 6.16 Å². The zero-order valence-corrected chi connectivity index (χ0v) is 16.1. The van der Waals surface area contributed by atoms with Gasteiger partial charge in [-0.1, -0.05) is 0 Å². The first-order chi connectivity index (χ1) is 10.1. The zero-order valence-electron chi connectivity index (χ0n) is 12.8. The quantitative estimate of drug-likeness (QED) is 0.495. The van der Waals surface area contributed by atoms with Gasteiger partial charge in [0.25, 0.3) is 0 Å². The summed E-state index contributed by atoms with van der Waals surface area (Å²) in [6.45, 7) is 4.61. The summed E-state index contributed by atoms with van der Waals surface area (Å²) in [6.07, 6.45) is 3.52. The van der Waals surface area contributed by atoms with Crippen molar-refractivity contribution >= 4 is 36.7 Å². The molecular formula is C18H24BrPS. The molecule has 0 aliphatic carbocycles. The van der Waals surface area contributed by atoms with Gasteiger partial charge in [0, 0.05) is 0 Å². The van der Waals surface area contributed by atoms with Gasteiger partial charge in [-0.05, 0) is 0 Å². The van der Waals surface area contributed by atoms with Crippen molar-refractivity contribution in [2.45, 2.75) is 26.4 Å². The Morgan fingerprint density at radius 3 is 2.00 bits per heavy atom. The third kappa shape index (κ3) is 3.92. The molecule has 0 N–H and O–H groups in total. The molecule has 0 fully saturated rings. The Labute approximate surface area is 141 Å². The SMILES string of the molecule is CCCSP(Br)(CC)(Cc1ccccc1)c1ccccc1. The van der Waals surface area contributed by atoms with Gasteiger partial charge >= 0.3 is 141 Å². The first-order valence-corrected chi connectivity index (χ1v) is 13.8. The molecule has 3 heteroatoms. The second kappa shape index (κ2) is 7.31. The minimum atomic E-state index is -2.17. The Hall–Kier alpha value is -0.300. The van der Waals surface area contributed by atoms with E-state index in [1.807, 2.05) is 0 Å². The monoisotopic (exact) mass is 382 g/mol. The van der Waals surface area contributed by atoms with E-state index in [1.54, 1.807) is 0 Å². The van der Waals surface area contributed by atoms with Crippen molar-refractivity contribution in [3.63, 3.8) is 0 Å². The maximum absolute atomic E-state index is 4.33. The molecule has 0 aliphatic heterocycles. The Kier molecular flexibility index (Phi) is 5.94. The van der Waals surface area contributed by atoms with Gasteiger partial charge in [-0.2, -0.15) is 0 Å². The Bertz CT molecular complexity index is 560. The summed E-state index contributed by atoms with van der Waals surface area (Å²) in [5.74, 6) is 1.21. The van der Waals surface area contributed by atoms with E-state index in [9.17, 15) is 0 Å². The van der Waals surface area contributed by atoms with Crippen LogP contribution in [0.25, 0.3) is 0 Å². The van der Waals surface area contributed by atoms with Gasteiger partial charge in [0.1, 0.15) is 0 Å². The molecule has 0 amide bonds. The summed E-state index contributed by atoms with van der Waals surface area (Å²) in [5.41, 5.74) is 1.43. The molecule has 0 heterocycles. The van der Waals surface area contributed by atoms with E-state index >= 15 is 0 Å². The summed E-state index contributed by atoms with van der Waals surface area (Å²) in [6, 6.07) is 22.0. The van der Waals surface area contributed by atoms with Crippen molar-refractivity contribution in [3.8, 4) is 0 Å². The number of hydrogen-bond donors (Lipinski definition) is 0. The summed E-state index contributed by atoms with van der Waals surface area (Å²) in [4.78, 5) is 0. The van der Waals surface area contributed by atoms with Crippen LogP contribution >= 0.6 is 31.4 Å². The topological polar surface area (TPSA) is 0 Å². The van der Waals surface area contributed by atoms with Gasteiger partial charge in [0.15, 0.2) is 0 Å². The molecule has 0 aromatic heterocycles. The fourth-order valence-corrected chi connectivity index (χ4v) is 12.9. The molecule has 0 nitrogen and oxygen atoms in total. The van der Waals surface area contributed by atoms with E-state index in [1.165, 1.54) is 29.2 Å². The van der Waals surface area contributed by atoms with Crippen LogP contribution < -0.4 is 5.30 Å². The van der Waals surface area contributed by atoms with Crippen LogP contribution in [-0.2, 0) is 6.16 Å². The average molecular weight is 383 g/mol. The van der Waals surface area contributed by atoms with Gasteiger partial charge in [-0.15, -0.1) is 0 Å². The standard InChI is InChI=1S/C18H24BrPS/c1-3-15-21-20(19,4-2,18-13-9-6-10-14-18)16-17-11-7-5-8-12-17/h5-14H,3-4,15-16H2,1-2H3. The maximum atomic E-state index is 4.33. The molecule has 0 atom stereocenters. The molecule has 114 valence electrons. The van der Waals surface area contributed by atoms with E-state index in [-0.39, 0.29) is 0 Å². The average Bonchev–Trinajstić information content (AvgIpc) is 2.55. The second-order valence-corrected chi connectivity index (χ2v) is 20.1. The van der Waals surface area contributed by atoms with Crippen LogP contribution in [0.15, 0.2) is 60.7 Å². The van der Waals surface area contributed by atoms with Crippen molar-refractivity contribution in [3.05, 3.63) is 66.2 Å². The van der Waals surface area contributed by atoms with Crippen molar-refractivity contribution < 1.29 is 0 Å². The fraction of sp³-hybridized carbons (Fsp3) is 0.333. The van der Waals surface area contributed by atoms with Crippen molar-refractivity contribution in [1.29, 1.82) is 0 Å². The van der Waals surface area contributed by atoms with E-state index in [2.05, 4.69) is 101 Å². The van der Waals surface area contributed by atoms with E-state index in [0.29, 0.717) is 0 Å². The van der Waals surface area contributed by atoms with Crippen LogP contribution in [0.4, 0.5) is 0 Å². The second-order valence-electron chi connectivity index (χ2n) is 5.41. The van der Waals surface area contributed by atoms with Crippen LogP contribution in [0.1, 0.15) is 25.8 Å². The molecule has 2 aromatic rings. The van der Waals surface area contributed by atoms with Crippen LogP contribution in [0.3, 0.4) is 0 Å². The van der Waals surface area contributed by atoms with Crippen molar-refractivity contribution in [1.82, 2.24) is 0 Å². The molecule has 2 rings (SSSR count). The number of halogens is 1. The third-order valence-electron chi connectivity index (χ3n) is 3.89.